The maximum Gasteiger partial charge on any atom is 0.0590 e. The summed E-state index contributed by atoms with van der Waals surface area (Å²) in [6, 6.07) is 0. The maximum atomic E-state index is 5.53. The van der Waals surface area contributed by atoms with Crippen LogP contribution in [0, 0.1) is 11.8 Å². The van der Waals surface area contributed by atoms with E-state index in [1.165, 1.54) is 45.3 Å². The van der Waals surface area contributed by atoms with E-state index in [1.807, 2.05) is 0 Å². The van der Waals surface area contributed by atoms with E-state index in [0.717, 1.165) is 38.1 Å². The Balaban J connectivity index is 1.88. The van der Waals surface area contributed by atoms with Crippen molar-refractivity contribution in [1.29, 1.82) is 0 Å². The Morgan fingerprint density at radius 3 is 2.53 bits per heavy atom. The molecule has 1 aliphatic heterocycles. The zero-order chi connectivity index (χ0) is 13.9. The fourth-order valence-electron chi connectivity index (χ4n) is 2.70. The van der Waals surface area contributed by atoms with Crippen LogP contribution in [-0.4, -0.2) is 50.8 Å². The van der Waals surface area contributed by atoms with Crippen LogP contribution in [-0.2, 0) is 4.74 Å². The topological polar surface area (TPSA) is 24.5 Å². The summed E-state index contributed by atoms with van der Waals surface area (Å²) in [4.78, 5) is 2.60. The highest BCUT2D eigenvalue weighted by Gasteiger charge is 2.20. The molecule has 1 N–H and O–H groups in total. The second kappa shape index (κ2) is 10.6. The van der Waals surface area contributed by atoms with Gasteiger partial charge >= 0.3 is 0 Å². The molecule has 114 valence electrons. The van der Waals surface area contributed by atoms with Gasteiger partial charge in [0.25, 0.3) is 0 Å². The molecule has 19 heavy (non-hydrogen) atoms. The number of rotatable bonds is 10. The fourth-order valence-corrected chi connectivity index (χ4v) is 2.70. The third-order valence-corrected chi connectivity index (χ3v) is 4.25. The molecule has 0 spiro atoms. The van der Waals surface area contributed by atoms with Crippen LogP contribution >= 0.6 is 0 Å². The summed E-state index contributed by atoms with van der Waals surface area (Å²) in [7, 11) is 0. The Labute approximate surface area is 120 Å². The van der Waals surface area contributed by atoms with Gasteiger partial charge in [0, 0.05) is 26.2 Å². The van der Waals surface area contributed by atoms with Gasteiger partial charge in [-0.15, -0.1) is 0 Å². The van der Waals surface area contributed by atoms with Crippen LogP contribution in [0.4, 0.5) is 0 Å². The largest absolute Gasteiger partial charge is 0.380 e. The average Bonchev–Trinajstić information content (AvgIpc) is 2.42. The van der Waals surface area contributed by atoms with E-state index in [2.05, 4.69) is 31.0 Å². The Morgan fingerprint density at radius 1 is 1.16 bits per heavy atom. The number of nitrogens with zero attached hydrogens (tertiary/aromatic N) is 1. The summed E-state index contributed by atoms with van der Waals surface area (Å²) in [6.07, 6.45) is 5.18. The zero-order valence-corrected chi connectivity index (χ0v) is 13.3. The van der Waals surface area contributed by atoms with Crippen molar-refractivity contribution in [3.63, 3.8) is 0 Å². The van der Waals surface area contributed by atoms with Crippen molar-refractivity contribution in [3.05, 3.63) is 0 Å². The lowest BCUT2D eigenvalue weighted by atomic mass is 9.87. The highest BCUT2D eigenvalue weighted by atomic mass is 16.5. The Bertz CT molecular complexity index is 201. The second-order valence-corrected chi connectivity index (χ2v) is 6.14. The standard InChI is InChI=1S/C16H34N2O/c1-4-5-13-19-14-9-17-8-12-18-10-6-16(7-11-18)15(2)3/h15-17H,4-14H2,1-3H3. The molecule has 1 rings (SSSR count). The van der Waals surface area contributed by atoms with E-state index in [0.29, 0.717) is 0 Å². The first kappa shape index (κ1) is 16.9. The van der Waals surface area contributed by atoms with Crippen LogP contribution in [0.15, 0.2) is 0 Å². The van der Waals surface area contributed by atoms with Crippen LogP contribution in [0.1, 0.15) is 46.5 Å². The van der Waals surface area contributed by atoms with Gasteiger partial charge in [0.2, 0.25) is 0 Å². The molecule has 1 heterocycles. The average molecular weight is 270 g/mol. The minimum Gasteiger partial charge on any atom is -0.380 e. The molecule has 0 aromatic rings. The van der Waals surface area contributed by atoms with Gasteiger partial charge in [0.15, 0.2) is 0 Å². The van der Waals surface area contributed by atoms with Crippen LogP contribution in [0.3, 0.4) is 0 Å². The predicted octanol–water partition coefficient (Wildman–Crippen LogP) is 2.76. The molecule has 3 nitrogen and oxygen atoms in total. The molecule has 0 radical (unpaired) electrons. The SMILES string of the molecule is CCCCOCCNCCN1CCC(C(C)C)CC1. The van der Waals surface area contributed by atoms with E-state index in [9.17, 15) is 0 Å². The summed E-state index contributed by atoms with van der Waals surface area (Å²) in [6.45, 7) is 14.6. The maximum absolute atomic E-state index is 5.53. The molecular formula is C16H34N2O. The second-order valence-electron chi connectivity index (χ2n) is 6.14. The normalized spacial score (nSPS) is 18.3. The molecule has 1 aliphatic rings. The summed E-state index contributed by atoms with van der Waals surface area (Å²) < 4.78 is 5.53. The molecular weight excluding hydrogens is 236 g/mol. The van der Waals surface area contributed by atoms with E-state index in [-0.39, 0.29) is 0 Å². The number of ether oxygens (including phenoxy) is 1. The van der Waals surface area contributed by atoms with Gasteiger partial charge in [-0.1, -0.05) is 27.2 Å². The van der Waals surface area contributed by atoms with Crippen molar-refractivity contribution < 1.29 is 4.74 Å². The van der Waals surface area contributed by atoms with Crippen molar-refractivity contribution in [3.8, 4) is 0 Å². The Hall–Kier alpha value is -0.120. The van der Waals surface area contributed by atoms with Gasteiger partial charge in [-0.3, -0.25) is 0 Å². The number of likely N-dealkylation sites (tertiary alicyclic amines) is 1. The number of unbranched alkanes of at least 4 members (excludes halogenated alkanes) is 1. The van der Waals surface area contributed by atoms with E-state index in [4.69, 9.17) is 4.74 Å². The number of piperidine rings is 1. The first-order valence-electron chi connectivity index (χ1n) is 8.24. The molecule has 0 saturated carbocycles. The number of hydrogen-bond donors (Lipinski definition) is 1. The van der Waals surface area contributed by atoms with Crippen molar-refractivity contribution in [1.82, 2.24) is 10.2 Å². The summed E-state index contributed by atoms with van der Waals surface area (Å²) in [5.74, 6) is 1.82. The van der Waals surface area contributed by atoms with Gasteiger partial charge in [-0.25, -0.2) is 0 Å². The van der Waals surface area contributed by atoms with Crippen molar-refractivity contribution in [2.45, 2.75) is 46.5 Å². The molecule has 0 amide bonds. The van der Waals surface area contributed by atoms with Gasteiger partial charge in [0.05, 0.1) is 6.61 Å². The van der Waals surface area contributed by atoms with Crippen LogP contribution in [0.25, 0.3) is 0 Å². The fraction of sp³-hybridized carbons (Fsp3) is 1.00. The summed E-state index contributed by atoms with van der Waals surface area (Å²) >= 11 is 0. The third kappa shape index (κ3) is 7.91. The van der Waals surface area contributed by atoms with E-state index < -0.39 is 0 Å². The third-order valence-electron chi connectivity index (χ3n) is 4.25. The first-order chi connectivity index (χ1) is 9.24. The molecule has 0 bridgehead atoms. The number of nitrogens with one attached hydrogen (secondary N) is 1. The van der Waals surface area contributed by atoms with Crippen LogP contribution in [0.2, 0.25) is 0 Å². The van der Waals surface area contributed by atoms with Crippen molar-refractivity contribution in [2.24, 2.45) is 11.8 Å². The molecule has 1 saturated heterocycles. The number of hydrogen-bond acceptors (Lipinski definition) is 3. The van der Waals surface area contributed by atoms with Gasteiger partial charge in [-0.2, -0.15) is 0 Å². The monoisotopic (exact) mass is 270 g/mol. The smallest absolute Gasteiger partial charge is 0.0590 e. The Kier molecular flexibility index (Phi) is 9.48. The van der Waals surface area contributed by atoms with Crippen molar-refractivity contribution >= 4 is 0 Å². The molecule has 0 aromatic carbocycles. The molecule has 0 unspecified atom stereocenters. The predicted molar refractivity (Wildman–Crippen MR) is 82.6 cm³/mol. The highest BCUT2D eigenvalue weighted by molar-refractivity contribution is 4.74. The molecule has 3 heteroatoms. The highest BCUT2D eigenvalue weighted by Crippen LogP contribution is 2.23. The summed E-state index contributed by atoms with van der Waals surface area (Å²) in [5.41, 5.74) is 0. The quantitative estimate of drug-likeness (QED) is 0.618. The lowest BCUT2D eigenvalue weighted by Crippen LogP contribution is -2.39. The molecule has 1 fully saturated rings. The lowest BCUT2D eigenvalue weighted by molar-refractivity contribution is 0.129. The van der Waals surface area contributed by atoms with Gasteiger partial charge in [-0.05, 0) is 44.2 Å². The minimum absolute atomic E-state index is 0.857. The zero-order valence-electron chi connectivity index (χ0n) is 13.3. The van der Waals surface area contributed by atoms with Crippen LogP contribution in [0.5, 0.6) is 0 Å². The summed E-state index contributed by atoms with van der Waals surface area (Å²) in [5, 5.41) is 3.48. The van der Waals surface area contributed by atoms with Crippen molar-refractivity contribution in [2.75, 3.05) is 45.9 Å². The molecule has 0 aliphatic carbocycles. The Morgan fingerprint density at radius 2 is 1.89 bits per heavy atom. The van der Waals surface area contributed by atoms with Crippen LogP contribution < -0.4 is 5.32 Å². The molecule has 0 atom stereocenters. The van der Waals surface area contributed by atoms with Gasteiger partial charge in [0.1, 0.15) is 0 Å². The van der Waals surface area contributed by atoms with Gasteiger partial charge < -0.3 is 15.0 Å². The minimum atomic E-state index is 0.857. The first-order valence-corrected chi connectivity index (χ1v) is 8.24. The van der Waals surface area contributed by atoms with E-state index in [1.54, 1.807) is 0 Å². The van der Waals surface area contributed by atoms with E-state index >= 15 is 0 Å². The lowest BCUT2D eigenvalue weighted by Gasteiger charge is -2.33. The molecule has 0 aromatic heterocycles.